The van der Waals surface area contributed by atoms with Gasteiger partial charge in [0.1, 0.15) is 5.82 Å². The lowest BCUT2D eigenvalue weighted by atomic mass is 10.1. The first-order valence-corrected chi connectivity index (χ1v) is 4.22. The van der Waals surface area contributed by atoms with Crippen molar-refractivity contribution in [3.8, 4) is 0 Å². The fourth-order valence-corrected chi connectivity index (χ4v) is 1.30. The van der Waals surface area contributed by atoms with Gasteiger partial charge in [0.25, 0.3) is 0 Å². The molecule has 0 saturated carbocycles. The summed E-state index contributed by atoms with van der Waals surface area (Å²) in [4.78, 5) is 8.43. The lowest BCUT2D eigenvalue weighted by Crippen LogP contribution is -1.96. The molecule has 3 nitrogen and oxygen atoms in total. The lowest BCUT2D eigenvalue weighted by molar-refractivity contribution is 1.06. The molecule has 0 atom stereocenters. The number of aryl methyl sites for hydroxylation is 1. The molecule has 0 aliphatic carbocycles. The van der Waals surface area contributed by atoms with Crippen LogP contribution in [0.2, 0.25) is 0 Å². The van der Waals surface area contributed by atoms with Crippen LogP contribution in [0.15, 0.2) is 24.4 Å². The largest absolute Gasteiger partial charge is 0.326 e. The van der Waals surface area contributed by atoms with Crippen molar-refractivity contribution in [2.45, 2.75) is 13.5 Å². The Morgan fingerprint density at radius 1 is 1.38 bits per heavy atom. The summed E-state index contributed by atoms with van der Waals surface area (Å²) in [5.41, 5.74) is 7.62. The molecule has 0 aliphatic rings. The van der Waals surface area contributed by atoms with Gasteiger partial charge in [-0.05, 0) is 24.6 Å². The standard InChI is InChI=1S/C10H11N3/c1-7-12-6-9-4-8(5-11)2-3-10(9)13-7/h2-4,6H,5,11H2,1H3. The molecule has 0 aliphatic heterocycles. The number of hydrogen-bond acceptors (Lipinski definition) is 3. The van der Waals surface area contributed by atoms with Gasteiger partial charge in [-0.3, -0.25) is 0 Å². The second-order valence-electron chi connectivity index (χ2n) is 3.01. The molecular weight excluding hydrogens is 162 g/mol. The zero-order chi connectivity index (χ0) is 9.26. The van der Waals surface area contributed by atoms with Gasteiger partial charge in [0.2, 0.25) is 0 Å². The van der Waals surface area contributed by atoms with E-state index in [0.29, 0.717) is 6.54 Å². The van der Waals surface area contributed by atoms with Crippen LogP contribution in [-0.4, -0.2) is 9.97 Å². The molecule has 0 spiro atoms. The second-order valence-corrected chi connectivity index (χ2v) is 3.01. The summed E-state index contributed by atoms with van der Waals surface area (Å²) >= 11 is 0. The number of rotatable bonds is 1. The third-order valence-electron chi connectivity index (χ3n) is 2.00. The Morgan fingerprint density at radius 3 is 3.00 bits per heavy atom. The van der Waals surface area contributed by atoms with E-state index in [1.165, 1.54) is 0 Å². The highest BCUT2D eigenvalue weighted by Gasteiger charge is 1.96. The van der Waals surface area contributed by atoms with Crippen molar-refractivity contribution in [2.24, 2.45) is 5.73 Å². The van der Waals surface area contributed by atoms with Crippen molar-refractivity contribution in [1.82, 2.24) is 9.97 Å². The summed E-state index contributed by atoms with van der Waals surface area (Å²) in [5, 5.41) is 1.05. The molecule has 0 bridgehead atoms. The maximum atomic E-state index is 5.53. The van der Waals surface area contributed by atoms with Crippen molar-refractivity contribution in [3.63, 3.8) is 0 Å². The Bertz CT molecular complexity index is 437. The van der Waals surface area contributed by atoms with E-state index in [9.17, 15) is 0 Å². The Morgan fingerprint density at radius 2 is 2.23 bits per heavy atom. The van der Waals surface area contributed by atoms with Crippen LogP contribution in [0.1, 0.15) is 11.4 Å². The molecule has 0 saturated heterocycles. The molecule has 1 aromatic heterocycles. The Labute approximate surface area is 76.6 Å². The molecule has 13 heavy (non-hydrogen) atoms. The number of nitrogens with zero attached hydrogens (tertiary/aromatic N) is 2. The van der Waals surface area contributed by atoms with Crippen LogP contribution in [0.5, 0.6) is 0 Å². The van der Waals surface area contributed by atoms with Crippen molar-refractivity contribution in [1.29, 1.82) is 0 Å². The fourth-order valence-electron chi connectivity index (χ4n) is 1.30. The third kappa shape index (κ3) is 1.51. The van der Waals surface area contributed by atoms with E-state index < -0.39 is 0 Å². The minimum atomic E-state index is 0.559. The average Bonchev–Trinajstić information content (AvgIpc) is 2.17. The summed E-state index contributed by atoms with van der Waals surface area (Å²) in [5.74, 6) is 0.799. The normalized spacial score (nSPS) is 10.6. The van der Waals surface area contributed by atoms with E-state index in [2.05, 4.69) is 9.97 Å². The molecule has 1 aromatic carbocycles. The van der Waals surface area contributed by atoms with Crippen LogP contribution in [0.3, 0.4) is 0 Å². The van der Waals surface area contributed by atoms with Crippen LogP contribution in [-0.2, 0) is 6.54 Å². The van der Waals surface area contributed by atoms with Crippen LogP contribution in [0, 0.1) is 6.92 Å². The van der Waals surface area contributed by atoms with E-state index in [1.54, 1.807) is 0 Å². The van der Waals surface area contributed by atoms with Crippen molar-refractivity contribution in [2.75, 3.05) is 0 Å². The smallest absolute Gasteiger partial charge is 0.125 e. The topological polar surface area (TPSA) is 51.8 Å². The van der Waals surface area contributed by atoms with Gasteiger partial charge in [-0.2, -0.15) is 0 Å². The van der Waals surface area contributed by atoms with E-state index in [-0.39, 0.29) is 0 Å². The highest BCUT2D eigenvalue weighted by Crippen LogP contribution is 2.12. The van der Waals surface area contributed by atoms with E-state index >= 15 is 0 Å². The molecule has 66 valence electrons. The number of benzene rings is 1. The number of hydrogen-bond donors (Lipinski definition) is 1. The van der Waals surface area contributed by atoms with Crippen molar-refractivity contribution in [3.05, 3.63) is 35.8 Å². The lowest BCUT2D eigenvalue weighted by Gasteiger charge is -2.00. The summed E-state index contributed by atoms with van der Waals surface area (Å²) in [6.07, 6.45) is 1.83. The predicted octanol–water partition coefficient (Wildman–Crippen LogP) is 1.40. The van der Waals surface area contributed by atoms with Gasteiger partial charge in [-0.15, -0.1) is 0 Å². The monoisotopic (exact) mass is 173 g/mol. The number of nitrogens with two attached hydrogens (primary N) is 1. The number of aromatic nitrogens is 2. The minimum Gasteiger partial charge on any atom is -0.326 e. The van der Waals surface area contributed by atoms with Crippen LogP contribution < -0.4 is 5.73 Å². The first kappa shape index (κ1) is 8.13. The highest BCUT2D eigenvalue weighted by atomic mass is 14.9. The maximum absolute atomic E-state index is 5.53. The molecular formula is C10H11N3. The molecule has 1 heterocycles. The van der Waals surface area contributed by atoms with Gasteiger partial charge in [-0.25, -0.2) is 9.97 Å². The predicted molar refractivity (Wildman–Crippen MR) is 52.2 cm³/mol. The highest BCUT2D eigenvalue weighted by molar-refractivity contribution is 5.78. The van der Waals surface area contributed by atoms with E-state index in [1.807, 2.05) is 31.3 Å². The summed E-state index contributed by atoms with van der Waals surface area (Å²) in [6.45, 7) is 2.44. The first-order chi connectivity index (χ1) is 6.29. The zero-order valence-electron chi connectivity index (χ0n) is 7.49. The molecule has 0 fully saturated rings. The maximum Gasteiger partial charge on any atom is 0.125 e. The summed E-state index contributed by atoms with van der Waals surface area (Å²) in [6, 6.07) is 6.00. The number of fused-ring (bicyclic) bond motifs is 1. The molecule has 2 rings (SSSR count). The van der Waals surface area contributed by atoms with Gasteiger partial charge < -0.3 is 5.73 Å². The Kier molecular flexibility index (Phi) is 1.94. The van der Waals surface area contributed by atoms with Crippen molar-refractivity contribution < 1.29 is 0 Å². The van der Waals surface area contributed by atoms with Crippen LogP contribution in [0.25, 0.3) is 10.9 Å². The second kappa shape index (κ2) is 3.11. The quantitative estimate of drug-likeness (QED) is 0.709. The summed E-state index contributed by atoms with van der Waals surface area (Å²) < 4.78 is 0. The van der Waals surface area contributed by atoms with E-state index in [0.717, 1.165) is 22.3 Å². The molecule has 0 unspecified atom stereocenters. The van der Waals surface area contributed by atoms with Crippen LogP contribution >= 0.6 is 0 Å². The molecule has 0 amide bonds. The minimum absolute atomic E-state index is 0.559. The van der Waals surface area contributed by atoms with Gasteiger partial charge >= 0.3 is 0 Å². The molecule has 0 radical (unpaired) electrons. The van der Waals surface area contributed by atoms with Gasteiger partial charge in [-0.1, -0.05) is 6.07 Å². The summed E-state index contributed by atoms with van der Waals surface area (Å²) in [7, 11) is 0. The van der Waals surface area contributed by atoms with Gasteiger partial charge in [0.15, 0.2) is 0 Å². The van der Waals surface area contributed by atoms with Crippen molar-refractivity contribution >= 4 is 10.9 Å². The molecule has 2 N–H and O–H groups in total. The van der Waals surface area contributed by atoms with Crippen LogP contribution in [0.4, 0.5) is 0 Å². The Balaban J connectivity index is 2.66. The van der Waals surface area contributed by atoms with E-state index in [4.69, 9.17) is 5.73 Å². The third-order valence-corrected chi connectivity index (χ3v) is 2.00. The SMILES string of the molecule is Cc1ncc2cc(CN)ccc2n1. The Hall–Kier alpha value is -1.48. The van der Waals surface area contributed by atoms with Gasteiger partial charge in [0, 0.05) is 18.1 Å². The molecule has 3 heteroatoms. The zero-order valence-corrected chi connectivity index (χ0v) is 7.49. The molecule has 2 aromatic rings. The fraction of sp³-hybridized carbons (Fsp3) is 0.200. The first-order valence-electron chi connectivity index (χ1n) is 4.22. The average molecular weight is 173 g/mol. The van der Waals surface area contributed by atoms with Gasteiger partial charge in [0.05, 0.1) is 5.52 Å².